The molecule has 7 nitrogen and oxygen atoms in total. The van der Waals surface area contributed by atoms with Crippen LogP contribution in [0.2, 0.25) is 0 Å². The number of nitrogens with one attached hydrogen (secondary N) is 2. The number of benzene rings is 3. The van der Waals surface area contributed by atoms with Gasteiger partial charge in [-0.15, -0.1) is 0 Å². The zero-order valence-corrected chi connectivity index (χ0v) is 17.9. The third-order valence-corrected chi connectivity index (χ3v) is 4.52. The Morgan fingerprint density at radius 2 is 1.53 bits per heavy atom. The number of halogens is 1. The van der Waals surface area contributed by atoms with Crippen LogP contribution < -0.4 is 24.8 Å². The van der Waals surface area contributed by atoms with Crippen LogP contribution in [0.1, 0.15) is 15.9 Å². The molecule has 0 aliphatic carbocycles. The highest BCUT2D eigenvalue weighted by atomic mass is 19.1. The van der Waals surface area contributed by atoms with E-state index >= 15 is 0 Å². The van der Waals surface area contributed by atoms with Crippen molar-refractivity contribution in [3.63, 3.8) is 0 Å². The molecule has 3 aromatic carbocycles. The van der Waals surface area contributed by atoms with Gasteiger partial charge in [0, 0.05) is 11.3 Å². The van der Waals surface area contributed by atoms with Gasteiger partial charge in [-0.25, -0.2) is 4.39 Å². The van der Waals surface area contributed by atoms with E-state index in [1.165, 1.54) is 44.6 Å². The minimum atomic E-state index is -0.424. The standard InChI is InChI=1S/C24H23FN2O5/c1-15-4-10-20(30-2)19(12-15)27-24(29)16-5-11-21(22(13-16)31-3)32-14-23(28)26-18-8-6-17(25)7-9-18/h4-13H,14H2,1-3H3,(H,26,28)(H,27,29). The number of rotatable bonds is 8. The molecule has 0 saturated heterocycles. The van der Waals surface area contributed by atoms with E-state index in [1.54, 1.807) is 18.2 Å². The van der Waals surface area contributed by atoms with Crippen molar-refractivity contribution in [2.24, 2.45) is 0 Å². The van der Waals surface area contributed by atoms with Crippen molar-refractivity contribution < 1.29 is 28.2 Å². The highest BCUT2D eigenvalue weighted by molar-refractivity contribution is 6.05. The highest BCUT2D eigenvalue weighted by Gasteiger charge is 2.14. The van der Waals surface area contributed by atoms with Crippen LogP contribution in [0.3, 0.4) is 0 Å². The first kappa shape index (κ1) is 22.6. The van der Waals surface area contributed by atoms with Crippen molar-refractivity contribution in [2.75, 3.05) is 31.5 Å². The van der Waals surface area contributed by atoms with Gasteiger partial charge in [0.25, 0.3) is 11.8 Å². The van der Waals surface area contributed by atoms with E-state index in [2.05, 4.69) is 10.6 Å². The lowest BCUT2D eigenvalue weighted by atomic mass is 10.1. The van der Waals surface area contributed by atoms with Crippen LogP contribution in [0.5, 0.6) is 17.2 Å². The zero-order valence-electron chi connectivity index (χ0n) is 17.9. The average molecular weight is 438 g/mol. The maximum absolute atomic E-state index is 13.0. The third kappa shape index (κ3) is 5.75. The quantitative estimate of drug-likeness (QED) is 0.544. The van der Waals surface area contributed by atoms with Crippen LogP contribution >= 0.6 is 0 Å². The van der Waals surface area contributed by atoms with Crippen LogP contribution in [0, 0.1) is 12.7 Å². The van der Waals surface area contributed by atoms with E-state index in [-0.39, 0.29) is 12.5 Å². The maximum Gasteiger partial charge on any atom is 0.262 e. The fourth-order valence-electron chi connectivity index (χ4n) is 2.92. The Balaban J connectivity index is 1.66. The lowest BCUT2D eigenvalue weighted by molar-refractivity contribution is -0.118. The van der Waals surface area contributed by atoms with Crippen molar-refractivity contribution >= 4 is 23.2 Å². The summed E-state index contributed by atoms with van der Waals surface area (Å²) in [5.41, 5.74) is 2.31. The Morgan fingerprint density at radius 1 is 0.844 bits per heavy atom. The van der Waals surface area contributed by atoms with Gasteiger partial charge < -0.3 is 24.8 Å². The molecule has 0 fully saturated rings. The number of ether oxygens (including phenoxy) is 3. The molecular weight excluding hydrogens is 415 g/mol. The van der Waals surface area contributed by atoms with Crippen LogP contribution in [0.15, 0.2) is 60.7 Å². The first-order valence-electron chi connectivity index (χ1n) is 9.72. The summed E-state index contributed by atoms with van der Waals surface area (Å²) in [6, 6.07) is 15.5. The second-order valence-electron chi connectivity index (χ2n) is 6.87. The van der Waals surface area contributed by atoms with Crippen LogP contribution in [0.25, 0.3) is 0 Å². The summed E-state index contributed by atoms with van der Waals surface area (Å²) in [5, 5.41) is 5.42. The number of amides is 2. The number of carbonyl (C=O) groups excluding carboxylic acids is 2. The molecule has 3 rings (SSSR count). The lowest BCUT2D eigenvalue weighted by Gasteiger charge is -2.14. The Hall–Kier alpha value is -4.07. The lowest BCUT2D eigenvalue weighted by Crippen LogP contribution is -2.20. The van der Waals surface area contributed by atoms with Gasteiger partial charge >= 0.3 is 0 Å². The van der Waals surface area contributed by atoms with Gasteiger partial charge in [0.15, 0.2) is 18.1 Å². The third-order valence-electron chi connectivity index (χ3n) is 4.52. The van der Waals surface area contributed by atoms with E-state index in [4.69, 9.17) is 14.2 Å². The molecule has 32 heavy (non-hydrogen) atoms. The maximum atomic E-state index is 13.0. The van der Waals surface area contributed by atoms with Crippen LogP contribution in [-0.4, -0.2) is 32.6 Å². The zero-order chi connectivity index (χ0) is 23.1. The number of hydrogen-bond donors (Lipinski definition) is 2. The molecule has 3 aromatic rings. The number of methoxy groups -OCH3 is 2. The van der Waals surface area contributed by atoms with E-state index < -0.39 is 11.7 Å². The molecule has 0 radical (unpaired) electrons. The largest absolute Gasteiger partial charge is 0.495 e. The number of hydrogen-bond acceptors (Lipinski definition) is 5. The van der Waals surface area contributed by atoms with Crippen molar-refractivity contribution in [1.29, 1.82) is 0 Å². The summed E-state index contributed by atoms with van der Waals surface area (Å²) in [4.78, 5) is 24.8. The second kappa shape index (κ2) is 10.3. The fraction of sp³-hybridized carbons (Fsp3) is 0.167. The smallest absolute Gasteiger partial charge is 0.262 e. The summed E-state index contributed by atoms with van der Waals surface area (Å²) in [6.07, 6.45) is 0. The van der Waals surface area contributed by atoms with E-state index in [0.29, 0.717) is 34.2 Å². The molecule has 0 aromatic heterocycles. The van der Waals surface area contributed by atoms with E-state index in [9.17, 15) is 14.0 Å². The number of anilines is 2. The molecule has 0 aliphatic heterocycles. The molecule has 0 aliphatic rings. The van der Waals surface area contributed by atoms with E-state index in [1.807, 2.05) is 19.1 Å². The summed E-state index contributed by atoms with van der Waals surface area (Å²) >= 11 is 0. The average Bonchev–Trinajstić information content (AvgIpc) is 2.79. The molecule has 0 heterocycles. The van der Waals surface area contributed by atoms with E-state index in [0.717, 1.165) is 5.56 Å². The molecule has 8 heteroatoms. The summed E-state index contributed by atoms with van der Waals surface area (Å²) in [6.45, 7) is 1.62. The van der Waals surface area contributed by atoms with Gasteiger partial charge in [0.2, 0.25) is 0 Å². The SMILES string of the molecule is COc1ccc(C)cc1NC(=O)c1ccc(OCC(=O)Nc2ccc(F)cc2)c(OC)c1. The molecule has 0 spiro atoms. The Kier molecular flexibility index (Phi) is 7.28. The molecule has 2 N–H and O–H groups in total. The highest BCUT2D eigenvalue weighted by Crippen LogP contribution is 2.30. The predicted octanol–water partition coefficient (Wildman–Crippen LogP) is 4.42. The Morgan fingerprint density at radius 3 is 2.22 bits per heavy atom. The first-order chi connectivity index (χ1) is 15.4. The van der Waals surface area contributed by atoms with Crippen LogP contribution in [-0.2, 0) is 4.79 Å². The van der Waals surface area contributed by atoms with Crippen molar-refractivity contribution in [3.8, 4) is 17.2 Å². The predicted molar refractivity (Wildman–Crippen MR) is 119 cm³/mol. The van der Waals surface area contributed by atoms with Crippen molar-refractivity contribution in [3.05, 3.63) is 77.6 Å². The molecule has 2 amide bonds. The monoisotopic (exact) mass is 438 g/mol. The van der Waals surface area contributed by atoms with Gasteiger partial charge in [-0.05, 0) is 67.1 Å². The van der Waals surface area contributed by atoms with Crippen molar-refractivity contribution in [2.45, 2.75) is 6.92 Å². The molecule has 0 unspecified atom stereocenters. The molecule has 0 saturated carbocycles. The summed E-state index contributed by atoms with van der Waals surface area (Å²) < 4.78 is 29.1. The van der Waals surface area contributed by atoms with Crippen molar-refractivity contribution in [1.82, 2.24) is 0 Å². The number of aryl methyl sites for hydroxylation is 1. The van der Waals surface area contributed by atoms with Gasteiger partial charge in [-0.3, -0.25) is 9.59 Å². The minimum Gasteiger partial charge on any atom is -0.495 e. The molecule has 0 bridgehead atoms. The van der Waals surface area contributed by atoms with Gasteiger partial charge in [0.05, 0.1) is 19.9 Å². The number of carbonyl (C=O) groups is 2. The Labute approximate surface area is 185 Å². The molecular formula is C24H23FN2O5. The summed E-state index contributed by atoms with van der Waals surface area (Å²) in [5.74, 6) is -0.0355. The molecule has 0 atom stereocenters. The van der Waals surface area contributed by atoms with Gasteiger partial charge in [-0.2, -0.15) is 0 Å². The topological polar surface area (TPSA) is 85.9 Å². The van der Waals surface area contributed by atoms with Gasteiger partial charge in [0.1, 0.15) is 11.6 Å². The van der Waals surface area contributed by atoms with Crippen LogP contribution in [0.4, 0.5) is 15.8 Å². The minimum absolute atomic E-state index is 0.292. The fourth-order valence-corrected chi connectivity index (χ4v) is 2.92. The normalized spacial score (nSPS) is 10.2. The Bertz CT molecular complexity index is 1120. The second-order valence-corrected chi connectivity index (χ2v) is 6.87. The summed E-state index contributed by atoms with van der Waals surface area (Å²) in [7, 11) is 2.97. The van der Waals surface area contributed by atoms with Gasteiger partial charge in [-0.1, -0.05) is 6.07 Å². The first-order valence-corrected chi connectivity index (χ1v) is 9.72. The molecule has 166 valence electrons.